The molecule has 2 aromatic carbocycles. The Balaban J connectivity index is 2.17. The molecule has 0 heterocycles. The first-order chi connectivity index (χ1) is 17.3. The van der Waals surface area contributed by atoms with E-state index in [2.05, 4.69) is 129 Å². The van der Waals surface area contributed by atoms with Gasteiger partial charge in [0.1, 0.15) is 0 Å². The molecule has 2 aromatic rings. The quantitative estimate of drug-likeness (QED) is 0.163. The Morgan fingerprint density at radius 2 is 1.19 bits per heavy atom. The van der Waals surface area contributed by atoms with Crippen molar-refractivity contribution in [1.29, 1.82) is 0 Å². The van der Waals surface area contributed by atoms with Crippen molar-refractivity contribution in [3.8, 4) is 0 Å². The first kappa shape index (κ1) is 31.7. The molecule has 0 aliphatic heterocycles. The average molecular weight is 541 g/mol. The zero-order valence-corrected chi connectivity index (χ0v) is 27.0. The largest absolute Gasteiger partial charge is 0.410 e. The summed E-state index contributed by atoms with van der Waals surface area (Å²) in [6, 6.07) is 21.5. The summed E-state index contributed by atoms with van der Waals surface area (Å²) in [6.45, 7) is 23.2. The second-order valence-corrected chi connectivity index (χ2v) is 22.1. The van der Waals surface area contributed by atoms with E-state index in [1.54, 1.807) is 0 Å². The van der Waals surface area contributed by atoms with Gasteiger partial charge in [-0.25, -0.2) is 0 Å². The maximum absolute atomic E-state index is 10.9. The van der Waals surface area contributed by atoms with Gasteiger partial charge in [-0.05, 0) is 45.4 Å². The van der Waals surface area contributed by atoms with Crippen LogP contribution in [-0.4, -0.2) is 40.6 Å². The highest BCUT2D eigenvalue weighted by molar-refractivity contribution is 6.99. The Morgan fingerprint density at radius 1 is 0.757 bits per heavy atom. The molecule has 0 aliphatic rings. The molecular formula is C32H52O3Si2. The Morgan fingerprint density at radius 3 is 1.57 bits per heavy atom. The van der Waals surface area contributed by atoms with Gasteiger partial charge in [-0.1, -0.05) is 135 Å². The van der Waals surface area contributed by atoms with E-state index in [1.165, 1.54) is 10.4 Å². The van der Waals surface area contributed by atoms with Gasteiger partial charge in [0.15, 0.2) is 0 Å². The Labute approximate surface area is 229 Å². The molecule has 0 amide bonds. The molecule has 0 bridgehead atoms. The van der Waals surface area contributed by atoms with E-state index in [1.807, 2.05) is 13.0 Å². The highest BCUT2D eigenvalue weighted by Crippen LogP contribution is 2.43. The molecule has 0 saturated heterocycles. The highest BCUT2D eigenvalue weighted by atomic mass is 28.4. The van der Waals surface area contributed by atoms with Gasteiger partial charge in [0.05, 0.1) is 12.2 Å². The predicted molar refractivity (Wildman–Crippen MR) is 165 cm³/mol. The molecular weight excluding hydrogens is 489 g/mol. The first-order valence-corrected chi connectivity index (χ1v) is 18.1. The summed E-state index contributed by atoms with van der Waals surface area (Å²) in [5.41, 5.74) is 1.47. The SMILES string of the molecule is CC(C)[Si](O[C@@H](C)[C@H](O)/C=C\CCO[Si](c1ccccc1)(c1ccccc1)C(C)(C)C)(C(C)C)C(C)C. The fraction of sp³-hybridized carbons (Fsp3) is 0.562. The minimum absolute atomic E-state index is 0.0419. The topological polar surface area (TPSA) is 38.7 Å². The average Bonchev–Trinajstić information content (AvgIpc) is 2.84. The molecule has 5 heteroatoms. The third-order valence-electron chi connectivity index (χ3n) is 7.93. The molecule has 0 unspecified atom stereocenters. The minimum atomic E-state index is -2.53. The highest BCUT2D eigenvalue weighted by Gasteiger charge is 2.50. The molecule has 37 heavy (non-hydrogen) atoms. The Kier molecular flexibility index (Phi) is 11.6. The van der Waals surface area contributed by atoms with Crippen LogP contribution < -0.4 is 10.4 Å². The number of rotatable bonds is 13. The summed E-state index contributed by atoms with van der Waals surface area (Å²) in [7, 11) is -4.58. The van der Waals surface area contributed by atoms with E-state index < -0.39 is 22.7 Å². The van der Waals surface area contributed by atoms with Crippen LogP contribution in [0, 0.1) is 0 Å². The van der Waals surface area contributed by atoms with E-state index in [9.17, 15) is 5.11 Å². The molecule has 0 aliphatic carbocycles. The van der Waals surface area contributed by atoms with Crippen molar-refractivity contribution < 1.29 is 14.0 Å². The van der Waals surface area contributed by atoms with Crippen LogP contribution in [0.15, 0.2) is 72.8 Å². The molecule has 1 N–H and O–H groups in total. The van der Waals surface area contributed by atoms with Gasteiger partial charge >= 0.3 is 0 Å². The summed E-state index contributed by atoms with van der Waals surface area (Å²) in [4.78, 5) is 0. The van der Waals surface area contributed by atoms with Gasteiger partial charge in [-0.2, -0.15) is 0 Å². The molecule has 0 aromatic heterocycles. The fourth-order valence-corrected chi connectivity index (χ4v) is 16.4. The van der Waals surface area contributed by atoms with Crippen molar-refractivity contribution in [3.63, 3.8) is 0 Å². The van der Waals surface area contributed by atoms with Crippen molar-refractivity contribution in [2.75, 3.05) is 6.61 Å². The van der Waals surface area contributed by atoms with Gasteiger partial charge in [-0.15, -0.1) is 0 Å². The van der Waals surface area contributed by atoms with E-state index in [-0.39, 0.29) is 11.1 Å². The molecule has 0 radical (unpaired) electrons. The van der Waals surface area contributed by atoms with Crippen LogP contribution >= 0.6 is 0 Å². The van der Waals surface area contributed by atoms with Crippen molar-refractivity contribution in [2.45, 2.75) is 110 Å². The van der Waals surface area contributed by atoms with Crippen LogP contribution in [0.2, 0.25) is 21.7 Å². The number of aliphatic hydroxyl groups excluding tert-OH is 1. The normalized spacial score (nSPS) is 15.2. The zero-order valence-electron chi connectivity index (χ0n) is 25.0. The molecule has 206 valence electrons. The summed E-state index contributed by atoms with van der Waals surface area (Å²) in [5, 5.41) is 13.5. The van der Waals surface area contributed by atoms with Crippen LogP contribution in [0.5, 0.6) is 0 Å². The lowest BCUT2D eigenvalue weighted by Crippen LogP contribution is -2.66. The van der Waals surface area contributed by atoms with Crippen molar-refractivity contribution in [2.24, 2.45) is 0 Å². The van der Waals surface area contributed by atoms with Gasteiger partial charge in [-0.3, -0.25) is 0 Å². The molecule has 3 nitrogen and oxygen atoms in total. The number of aliphatic hydroxyl groups is 1. The van der Waals surface area contributed by atoms with E-state index in [4.69, 9.17) is 8.85 Å². The van der Waals surface area contributed by atoms with Crippen molar-refractivity contribution >= 4 is 27.0 Å². The Bertz CT molecular complexity index is 888. The van der Waals surface area contributed by atoms with E-state index >= 15 is 0 Å². The lowest BCUT2D eigenvalue weighted by atomic mass is 10.2. The second kappa shape index (κ2) is 13.5. The third-order valence-corrected chi connectivity index (χ3v) is 19.2. The van der Waals surface area contributed by atoms with Crippen LogP contribution in [0.3, 0.4) is 0 Å². The van der Waals surface area contributed by atoms with Crippen molar-refractivity contribution in [3.05, 3.63) is 72.8 Å². The van der Waals surface area contributed by atoms with Crippen LogP contribution in [0.4, 0.5) is 0 Å². The van der Waals surface area contributed by atoms with Crippen LogP contribution in [0.1, 0.15) is 75.7 Å². The van der Waals surface area contributed by atoms with Gasteiger partial charge in [0, 0.05) is 6.61 Å². The van der Waals surface area contributed by atoms with Gasteiger partial charge in [0.2, 0.25) is 8.32 Å². The monoisotopic (exact) mass is 540 g/mol. The van der Waals surface area contributed by atoms with E-state index in [0.29, 0.717) is 23.2 Å². The van der Waals surface area contributed by atoms with Gasteiger partial charge < -0.3 is 14.0 Å². The van der Waals surface area contributed by atoms with Crippen LogP contribution in [0.25, 0.3) is 0 Å². The maximum atomic E-state index is 10.9. The predicted octanol–water partition coefficient (Wildman–Crippen LogP) is 7.45. The lowest BCUT2D eigenvalue weighted by molar-refractivity contribution is 0.0659. The second-order valence-electron chi connectivity index (χ2n) is 12.4. The summed E-state index contributed by atoms with van der Waals surface area (Å²) < 4.78 is 13.7. The maximum Gasteiger partial charge on any atom is 0.261 e. The zero-order chi connectivity index (χ0) is 27.9. The number of hydrogen-bond acceptors (Lipinski definition) is 3. The molecule has 0 fully saturated rings. The number of benzene rings is 2. The van der Waals surface area contributed by atoms with Crippen LogP contribution in [-0.2, 0) is 8.85 Å². The minimum Gasteiger partial charge on any atom is -0.410 e. The summed E-state index contributed by atoms with van der Waals surface area (Å²) in [6.07, 6.45) is 3.85. The number of hydrogen-bond donors (Lipinski definition) is 1. The fourth-order valence-electron chi connectivity index (χ4n) is 6.23. The summed E-state index contributed by atoms with van der Waals surface area (Å²) >= 11 is 0. The standard InChI is InChI=1S/C32H52O3Si2/c1-25(2)36(26(3)4,27(5)6)35-28(7)31(33)23-17-18-24-34-37(32(8,9)10,29-19-13-11-14-20-29)30-21-15-12-16-22-30/h11-17,19-23,25-28,31,33H,18,24H2,1-10H3/b23-17-/t28-,31+/m0/s1. The first-order valence-electron chi connectivity index (χ1n) is 14.1. The van der Waals surface area contributed by atoms with E-state index in [0.717, 1.165) is 6.42 Å². The summed E-state index contributed by atoms with van der Waals surface area (Å²) in [5.74, 6) is 0. The molecule has 2 rings (SSSR count). The molecule has 0 saturated carbocycles. The third kappa shape index (κ3) is 7.13. The Hall–Kier alpha value is -1.51. The lowest BCUT2D eigenvalue weighted by Gasteiger charge is -2.44. The van der Waals surface area contributed by atoms with Crippen molar-refractivity contribution in [1.82, 2.24) is 0 Å². The van der Waals surface area contributed by atoms with Gasteiger partial charge in [0.25, 0.3) is 8.32 Å². The molecule has 0 spiro atoms. The smallest absolute Gasteiger partial charge is 0.261 e. The molecule has 2 atom stereocenters.